The monoisotopic (exact) mass is 362 g/mol. The van der Waals surface area contributed by atoms with Crippen molar-refractivity contribution in [2.75, 3.05) is 12.4 Å². The molecule has 0 aliphatic heterocycles. The fraction of sp³-hybridized carbons (Fsp3) is 0.200. The Balaban J connectivity index is 1.92. The molecule has 0 atom stereocenters. The van der Waals surface area contributed by atoms with E-state index in [9.17, 15) is 5.11 Å². The summed E-state index contributed by atoms with van der Waals surface area (Å²) in [5, 5.41) is 18.1. The Hall–Kier alpha value is -2.28. The van der Waals surface area contributed by atoms with Crippen LogP contribution in [0.2, 0.25) is 0 Å². The van der Waals surface area contributed by atoms with Gasteiger partial charge in [-0.2, -0.15) is 5.10 Å². The summed E-state index contributed by atoms with van der Waals surface area (Å²) in [5.74, 6) is 1.55. The van der Waals surface area contributed by atoms with Crippen molar-refractivity contribution in [1.82, 2.24) is 14.8 Å². The average Bonchev–Trinajstić information content (AvgIpc) is 2.81. The van der Waals surface area contributed by atoms with Crippen molar-refractivity contribution < 1.29 is 9.84 Å². The van der Waals surface area contributed by atoms with E-state index >= 15 is 0 Å². The zero-order chi connectivity index (χ0) is 15.7. The molecule has 3 aromatic rings. The normalized spacial score (nSPS) is 10.9. The van der Waals surface area contributed by atoms with Crippen molar-refractivity contribution in [3.8, 4) is 11.5 Å². The number of aromatic hydroxyl groups is 1. The number of benzene rings is 1. The summed E-state index contributed by atoms with van der Waals surface area (Å²) in [6.07, 6.45) is 1.74. The molecule has 1 aromatic carbocycles. The number of anilines is 1. The smallest absolute Gasteiger partial charge is 0.139 e. The number of aromatic nitrogens is 3. The lowest BCUT2D eigenvalue weighted by Crippen LogP contribution is -2.03. The molecule has 0 fully saturated rings. The number of pyridine rings is 1. The number of rotatable bonds is 4. The fourth-order valence-corrected chi connectivity index (χ4v) is 2.98. The number of nitrogens with zero attached hydrogens (tertiary/aromatic N) is 3. The molecule has 3 rings (SSSR count). The third-order valence-corrected chi connectivity index (χ3v) is 3.99. The second-order valence-electron chi connectivity index (χ2n) is 4.82. The van der Waals surface area contributed by atoms with Crippen molar-refractivity contribution in [3.63, 3.8) is 0 Å². The Morgan fingerprint density at radius 3 is 2.95 bits per heavy atom. The first-order chi connectivity index (χ1) is 10.6. The zero-order valence-electron chi connectivity index (χ0n) is 12.2. The van der Waals surface area contributed by atoms with Crippen LogP contribution in [0.5, 0.6) is 11.5 Å². The molecule has 0 saturated heterocycles. The number of hydrogen-bond acceptors (Lipinski definition) is 5. The number of halogens is 1. The van der Waals surface area contributed by atoms with E-state index in [4.69, 9.17) is 4.74 Å². The molecular formula is C15H15BrN4O2. The van der Waals surface area contributed by atoms with Crippen LogP contribution in [-0.2, 0) is 13.6 Å². The first kappa shape index (κ1) is 14.6. The molecule has 7 heteroatoms. The largest absolute Gasteiger partial charge is 0.508 e. The molecule has 0 saturated carbocycles. The van der Waals surface area contributed by atoms with Crippen LogP contribution in [0.15, 0.2) is 35.1 Å². The van der Waals surface area contributed by atoms with Gasteiger partial charge in [-0.05, 0) is 34.1 Å². The van der Waals surface area contributed by atoms with Crippen LogP contribution in [-0.4, -0.2) is 27.0 Å². The predicted molar refractivity (Wildman–Crippen MR) is 88.2 cm³/mol. The van der Waals surface area contributed by atoms with E-state index in [0.717, 1.165) is 26.9 Å². The molecule has 0 unspecified atom stereocenters. The first-order valence-corrected chi connectivity index (χ1v) is 7.46. The number of phenolic OH excluding ortho intramolecular Hbond substituents is 1. The maximum Gasteiger partial charge on any atom is 0.139 e. The molecule has 0 spiro atoms. The number of ether oxygens (including phenoxy) is 1. The van der Waals surface area contributed by atoms with Gasteiger partial charge >= 0.3 is 0 Å². The summed E-state index contributed by atoms with van der Waals surface area (Å²) in [6.45, 7) is 0.525. The Labute approximate surface area is 135 Å². The molecule has 114 valence electrons. The molecule has 2 heterocycles. The number of methoxy groups -OCH3 is 1. The van der Waals surface area contributed by atoms with E-state index in [1.807, 2.05) is 19.2 Å². The van der Waals surface area contributed by atoms with E-state index in [0.29, 0.717) is 12.3 Å². The molecule has 0 aliphatic rings. The summed E-state index contributed by atoms with van der Waals surface area (Å²) >= 11 is 3.46. The van der Waals surface area contributed by atoms with Gasteiger partial charge < -0.3 is 15.2 Å². The van der Waals surface area contributed by atoms with Crippen LogP contribution in [0.4, 0.5) is 5.82 Å². The lowest BCUT2D eigenvalue weighted by atomic mass is 10.2. The molecule has 2 aromatic heterocycles. The van der Waals surface area contributed by atoms with Crippen LogP contribution < -0.4 is 10.1 Å². The van der Waals surface area contributed by atoms with Crippen LogP contribution in [0, 0.1) is 0 Å². The lowest BCUT2D eigenvalue weighted by Gasteiger charge is -2.11. The van der Waals surface area contributed by atoms with Gasteiger partial charge in [0.05, 0.1) is 18.0 Å². The molecular weight excluding hydrogens is 348 g/mol. The van der Waals surface area contributed by atoms with Gasteiger partial charge in [0.25, 0.3) is 0 Å². The second kappa shape index (κ2) is 5.84. The summed E-state index contributed by atoms with van der Waals surface area (Å²) < 4.78 is 7.83. The minimum absolute atomic E-state index is 0.177. The quantitative estimate of drug-likeness (QED) is 0.746. The Morgan fingerprint density at radius 2 is 2.18 bits per heavy atom. The highest BCUT2D eigenvalue weighted by Gasteiger charge is 2.12. The van der Waals surface area contributed by atoms with E-state index in [1.54, 1.807) is 30.1 Å². The van der Waals surface area contributed by atoms with Crippen molar-refractivity contribution in [2.24, 2.45) is 7.05 Å². The third kappa shape index (κ3) is 2.59. The van der Waals surface area contributed by atoms with Gasteiger partial charge in [0.2, 0.25) is 0 Å². The fourth-order valence-electron chi connectivity index (χ4n) is 2.35. The van der Waals surface area contributed by atoms with Crippen LogP contribution in [0.25, 0.3) is 10.9 Å². The highest BCUT2D eigenvalue weighted by atomic mass is 79.9. The number of nitrogens with one attached hydrogen (secondary N) is 1. The van der Waals surface area contributed by atoms with Crippen LogP contribution >= 0.6 is 15.9 Å². The zero-order valence-corrected chi connectivity index (χ0v) is 13.8. The van der Waals surface area contributed by atoms with Crippen LogP contribution in [0.1, 0.15) is 5.56 Å². The third-order valence-electron chi connectivity index (χ3n) is 3.44. The first-order valence-electron chi connectivity index (χ1n) is 6.67. The van der Waals surface area contributed by atoms with Gasteiger partial charge in [0.1, 0.15) is 21.9 Å². The number of phenols is 1. The number of aryl methyl sites for hydroxylation is 1. The van der Waals surface area contributed by atoms with Crippen molar-refractivity contribution in [2.45, 2.75) is 6.54 Å². The standard InChI is InChI=1S/C15H15BrN4O2/c1-20-11-5-6-17-15(13(11)14(16)19-20)18-8-9-3-4-10(21)7-12(9)22-2/h3-7,21H,8H2,1-2H3,(H,17,18). The predicted octanol–water partition coefficient (Wildman–Crippen LogP) is 3.06. The lowest BCUT2D eigenvalue weighted by molar-refractivity contribution is 0.403. The summed E-state index contributed by atoms with van der Waals surface area (Å²) in [5.41, 5.74) is 1.92. The van der Waals surface area contributed by atoms with Crippen LogP contribution in [0.3, 0.4) is 0 Å². The van der Waals surface area contributed by atoms with Crippen molar-refractivity contribution in [1.29, 1.82) is 0 Å². The average molecular weight is 363 g/mol. The maximum atomic E-state index is 9.50. The minimum atomic E-state index is 0.177. The molecule has 0 aliphatic carbocycles. The SMILES string of the molecule is COc1cc(O)ccc1CNc1nccc2c1c(Br)nn2C. The highest BCUT2D eigenvalue weighted by molar-refractivity contribution is 9.10. The molecule has 0 radical (unpaired) electrons. The van der Waals surface area contributed by atoms with E-state index in [1.165, 1.54) is 0 Å². The molecule has 2 N–H and O–H groups in total. The number of hydrogen-bond donors (Lipinski definition) is 2. The topological polar surface area (TPSA) is 72.2 Å². The molecule has 0 amide bonds. The summed E-state index contributed by atoms with van der Waals surface area (Å²) in [6, 6.07) is 6.96. The van der Waals surface area contributed by atoms with Gasteiger partial charge in [-0.25, -0.2) is 4.98 Å². The van der Waals surface area contributed by atoms with Gasteiger partial charge in [0, 0.05) is 31.4 Å². The Bertz CT molecular complexity index is 832. The highest BCUT2D eigenvalue weighted by Crippen LogP contribution is 2.29. The molecule has 0 bridgehead atoms. The van der Waals surface area contributed by atoms with E-state index < -0.39 is 0 Å². The Morgan fingerprint density at radius 1 is 1.36 bits per heavy atom. The summed E-state index contributed by atoms with van der Waals surface area (Å²) in [4.78, 5) is 4.38. The van der Waals surface area contributed by atoms with E-state index in [2.05, 4.69) is 31.3 Å². The molecule has 6 nitrogen and oxygen atoms in total. The van der Waals surface area contributed by atoms with Crippen molar-refractivity contribution >= 4 is 32.7 Å². The number of fused-ring (bicyclic) bond motifs is 1. The maximum absolute atomic E-state index is 9.50. The van der Waals surface area contributed by atoms with Gasteiger partial charge in [-0.3, -0.25) is 4.68 Å². The second-order valence-corrected chi connectivity index (χ2v) is 5.57. The van der Waals surface area contributed by atoms with Gasteiger partial charge in [-0.15, -0.1) is 0 Å². The van der Waals surface area contributed by atoms with E-state index in [-0.39, 0.29) is 5.75 Å². The van der Waals surface area contributed by atoms with Gasteiger partial charge in [-0.1, -0.05) is 0 Å². The van der Waals surface area contributed by atoms with Gasteiger partial charge in [0.15, 0.2) is 0 Å². The Kier molecular flexibility index (Phi) is 3.89. The summed E-state index contributed by atoms with van der Waals surface area (Å²) in [7, 11) is 3.47. The van der Waals surface area contributed by atoms with Crippen molar-refractivity contribution in [3.05, 3.63) is 40.6 Å². The minimum Gasteiger partial charge on any atom is -0.508 e. The molecule has 22 heavy (non-hydrogen) atoms.